The van der Waals surface area contributed by atoms with Crippen LogP contribution >= 0.6 is 11.6 Å². The molecule has 1 fully saturated rings. The van der Waals surface area contributed by atoms with Gasteiger partial charge in [-0.3, -0.25) is 9.84 Å². The lowest BCUT2D eigenvalue weighted by atomic mass is 10.1. The summed E-state index contributed by atoms with van der Waals surface area (Å²) in [5.41, 5.74) is 0.342. The Hall–Kier alpha value is -1.75. The second kappa shape index (κ2) is 7.01. The van der Waals surface area contributed by atoms with Gasteiger partial charge in [-0.25, -0.2) is 13.8 Å². The third-order valence-electron chi connectivity index (χ3n) is 4.29. The van der Waals surface area contributed by atoms with Gasteiger partial charge in [0.05, 0.1) is 0 Å². The third kappa shape index (κ3) is 3.42. The highest BCUT2D eigenvalue weighted by Crippen LogP contribution is 2.50. The van der Waals surface area contributed by atoms with Crippen LogP contribution in [-0.4, -0.2) is 39.6 Å². The maximum atomic E-state index is 13.7. The third-order valence-corrected chi connectivity index (χ3v) is 4.54. The number of rotatable bonds is 6. The Morgan fingerprint density at radius 3 is 2.52 bits per heavy atom. The molecule has 11 heteroatoms. The molecule has 27 heavy (non-hydrogen) atoms. The van der Waals surface area contributed by atoms with Crippen molar-refractivity contribution in [3.05, 3.63) is 47.0 Å². The summed E-state index contributed by atoms with van der Waals surface area (Å²) in [6.07, 6.45) is -8.93. The number of hydrogen-bond acceptors (Lipinski definition) is 5. The largest absolute Gasteiger partial charge is 0.418 e. The minimum atomic E-state index is -4.73. The zero-order valence-electron chi connectivity index (χ0n) is 14.3. The van der Waals surface area contributed by atoms with E-state index in [1.165, 1.54) is 44.4 Å². The molecule has 1 aromatic heterocycles. The Bertz CT molecular complexity index is 778. The van der Waals surface area contributed by atoms with E-state index in [1.807, 2.05) is 0 Å². The molecule has 2 aromatic rings. The van der Waals surface area contributed by atoms with Crippen LogP contribution in [-0.2, 0) is 20.0 Å². The van der Waals surface area contributed by atoms with Crippen LogP contribution in [0.5, 0.6) is 0 Å². The van der Waals surface area contributed by atoms with Crippen molar-refractivity contribution >= 4 is 11.6 Å². The lowest BCUT2D eigenvalue weighted by molar-refractivity contribution is -0.400. The monoisotopic (exact) mass is 409 g/mol. The van der Waals surface area contributed by atoms with Gasteiger partial charge in [0, 0.05) is 17.0 Å². The molecular weight excluding hydrogens is 394 g/mol. The molecule has 0 radical (unpaired) electrons. The van der Waals surface area contributed by atoms with Crippen LogP contribution in [0.4, 0.5) is 17.6 Å². The molecule has 0 amide bonds. The van der Waals surface area contributed by atoms with E-state index in [1.54, 1.807) is 0 Å². The highest BCUT2D eigenvalue weighted by Gasteiger charge is 2.63. The molecule has 1 aromatic carbocycles. The van der Waals surface area contributed by atoms with Crippen molar-refractivity contribution in [3.63, 3.8) is 0 Å². The number of aromatic amines is 1. The Morgan fingerprint density at radius 1 is 1.33 bits per heavy atom. The minimum Gasteiger partial charge on any atom is -0.331 e. The average molecular weight is 410 g/mol. The first-order valence-electron chi connectivity index (χ1n) is 8.01. The van der Waals surface area contributed by atoms with Crippen molar-refractivity contribution < 1.29 is 31.8 Å². The van der Waals surface area contributed by atoms with Gasteiger partial charge in [-0.05, 0) is 19.1 Å². The Labute approximate surface area is 156 Å². The molecule has 0 bridgehead atoms. The SMILES string of the molecule is CCC1(OC(F)(F)C(F)F)OC(c2ccc(Cl)cc2)(c2ncn[nH]2)OC1C. The maximum Gasteiger partial charge on any atom is 0.418 e. The Morgan fingerprint density at radius 2 is 2.00 bits per heavy atom. The normalized spacial score (nSPS) is 28.8. The molecule has 1 aliphatic rings. The van der Waals surface area contributed by atoms with Gasteiger partial charge in [0.1, 0.15) is 12.4 Å². The number of benzene rings is 1. The molecule has 148 valence electrons. The molecule has 0 aliphatic carbocycles. The molecule has 0 saturated carbocycles. The van der Waals surface area contributed by atoms with Gasteiger partial charge < -0.3 is 9.47 Å². The summed E-state index contributed by atoms with van der Waals surface area (Å²) in [5.74, 6) is -3.95. The predicted octanol–water partition coefficient (Wildman–Crippen LogP) is 4.08. The van der Waals surface area contributed by atoms with Crippen molar-refractivity contribution in [3.8, 4) is 0 Å². The van der Waals surface area contributed by atoms with Crippen molar-refractivity contribution in [2.24, 2.45) is 0 Å². The van der Waals surface area contributed by atoms with Crippen LogP contribution in [0.2, 0.25) is 5.02 Å². The standard InChI is InChI=1S/C16H16ClF4N3O3/c1-3-14(27-16(20,21)12(18)19)9(2)25-15(26-14,13-22-8-23-24-13)10-4-6-11(17)7-5-10/h4-9,12H,3H2,1-2H3,(H,22,23,24). The summed E-state index contributed by atoms with van der Waals surface area (Å²) in [6, 6.07) is 6.14. The molecule has 3 rings (SSSR count). The second-order valence-electron chi connectivity index (χ2n) is 5.95. The fourth-order valence-corrected chi connectivity index (χ4v) is 3.03. The number of halogens is 5. The van der Waals surface area contributed by atoms with Crippen LogP contribution in [0, 0.1) is 0 Å². The van der Waals surface area contributed by atoms with Crippen LogP contribution < -0.4 is 0 Å². The van der Waals surface area contributed by atoms with Gasteiger partial charge in [-0.1, -0.05) is 30.7 Å². The topological polar surface area (TPSA) is 69.3 Å². The van der Waals surface area contributed by atoms with Crippen LogP contribution in [0.1, 0.15) is 31.7 Å². The van der Waals surface area contributed by atoms with Gasteiger partial charge in [0.15, 0.2) is 5.82 Å². The van der Waals surface area contributed by atoms with E-state index in [9.17, 15) is 17.6 Å². The van der Waals surface area contributed by atoms with E-state index >= 15 is 0 Å². The van der Waals surface area contributed by atoms with Gasteiger partial charge in [0.25, 0.3) is 5.79 Å². The maximum absolute atomic E-state index is 13.7. The van der Waals surface area contributed by atoms with Gasteiger partial charge >= 0.3 is 12.5 Å². The zero-order chi connectivity index (χ0) is 19.9. The number of nitrogens with zero attached hydrogens (tertiary/aromatic N) is 2. The smallest absolute Gasteiger partial charge is 0.331 e. The lowest BCUT2D eigenvalue weighted by Gasteiger charge is -2.34. The van der Waals surface area contributed by atoms with E-state index < -0.39 is 30.2 Å². The fraction of sp³-hybridized carbons (Fsp3) is 0.500. The highest BCUT2D eigenvalue weighted by atomic mass is 35.5. The lowest BCUT2D eigenvalue weighted by Crippen LogP contribution is -2.49. The summed E-state index contributed by atoms with van der Waals surface area (Å²) in [7, 11) is 0. The number of alkyl halides is 4. The quantitative estimate of drug-likeness (QED) is 0.728. The van der Waals surface area contributed by atoms with E-state index in [4.69, 9.17) is 21.1 Å². The summed E-state index contributed by atoms with van der Waals surface area (Å²) < 4.78 is 69.0. The molecule has 3 unspecified atom stereocenters. The molecule has 3 atom stereocenters. The van der Waals surface area contributed by atoms with Crippen molar-refractivity contribution in [1.82, 2.24) is 15.2 Å². The molecule has 1 N–H and O–H groups in total. The summed E-state index contributed by atoms with van der Waals surface area (Å²) >= 11 is 5.90. The minimum absolute atomic E-state index is 0.0379. The summed E-state index contributed by atoms with van der Waals surface area (Å²) in [4.78, 5) is 3.99. The molecular formula is C16H16ClF4N3O3. The molecule has 1 saturated heterocycles. The van der Waals surface area contributed by atoms with E-state index in [2.05, 4.69) is 19.9 Å². The molecule has 2 heterocycles. The van der Waals surface area contributed by atoms with Gasteiger partial charge in [-0.2, -0.15) is 13.9 Å². The van der Waals surface area contributed by atoms with E-state index in [0.717, 1.165) is 0 Å². The summed E-state index contributed by atoms with van der Waals surface area (Å²) in [6.45, 7) is 2.85. The predicted molar refractivity (Wildman–Crippen MR) is 85.3 cm³/mol. The average Bonchev–Trinajstić information content (AvgIpc) is 3.23. The van der Waals surface area contributed by atoms with Crippen molar-refractivity contribution in [2.75, 3.05) is 0 Å². The molecule has 1 aliphatic heterocycles. The number of H-pyrrole nitrogens is 1. The Balaban J connectivity index is 2.08. The van der Waals surface area contributed by atoms with Crippen LogP contribution in [0.3, 0.4) is 0 Å². The zero-order valence-corrected chi connectivity index (χ0v) is 15.0. The van der Waals surface area contributed by atoms with Crippen LogP contribution in [0.25, 0.3) is 0 Å². The van der Waals surface area contributed by atoms with Crippen molar-refractivity contribution in [1.29, 1.82) is 0 Å². The number of ether oxygens (including phenoxy) is 3. The second-order valence-corrected chi connectivity index (χ2v) is 6.39. The fourth-order valence-electron chi connectivity index (χ4n) is 2.90. The molecule has 0 spiro atoms. The number of aromatic nitrogens is 3. The van der Waals surface area contributed by atoms with Gasteiger partial charge in [-0.15, -0.1) is 0 Å². The summed E-state index contributed by atoms with van der Waals surface area (Å²) in [5, 5.41) is 6.71. The van der Waals surface area contributed by atoms with Crippen LogP contribution in [0.15, 0.2) is 30.6 Å². The Kier molecular flexibility index (Phi) is 5.19. The van der Waals surface area contributed by atoms with Crippen molar-refractivity contribution in [2.45, 2.75) is 50.5 Å². The molecule has 6 nitrogen and oxygen atoms in total. The first-order chi connectivity index (χ1) is 12.7. The highest BCUT2D eigenvalue weighted by molar-refractivity contribution is 6.30. The first-order valence-corrected chi connectivity index (χ1v) is 8.39. The van der Waals surface area contributed by atoms with Gasteiger partial charge in [0.2, 0.25) is 5.79 Å². The number of nitrogens with one attached hydrogen (secondary N) is 1. The first kappa shape index (κ1) is 20.0. The van der Waals surface area contributed by atoms with E-state index in [-0.39, 0.29) is 12.2 Å². The number of hydrogen-bond donors (Lipinski definition) is 1. The van der Waals surface area contributed by atoms with E-state index in [0.29, 0.717) is 10.6 Å².